The van der Waals surface area contributed by atoms with Gasteiger partial charge in [-0.15, -0.1) is 0 Å². The van der Waals surface area contributed by atoms with E-state index in [1.807, 2.05) is 61.2 Å². The normalized spacial score (nSPS) is 16.9. The van der Waals surface area contributed by atoms with Crippen molar-refractivity contribution in [2.75, 3.05) is 11.9 Å². The minimum Gasteiger partial charge on any atom is -0.456 e. The second-order valence-corrected chi connectivity index (χ2v) is 7.44. The molecule has 0 spiro atoms. The van der Waals surface area contributed by atoms with Crippen molar-refractivity contribution < 1.29 is 9.21 Å². The lowest BCUT2D eigenvalue weighted by Crippen LogP contribution is -2.34. The monoisotopic (exact) mass is 374 g/mol. The Bertz CT molecular complexity index is 1170. The number of hydrogen-bond acceptors (Lipinski definition) is 3. The first-order chi connectivity index (χ1) is 13.6. The number of urea groups is 1. The van der Waals surface area contributed by atoms with Crippen LogP contribution in [0.25, 0.3) is 21.9 Å². The Hall–Kier alpha value is -3.28. The molecule has 2 amide bonds. The highest BCUT2D eigenvalue weighted by Crippen LogP contribution is 2.36. The second kappa shape index (κ2) is 6.41. The van der Waals surface area contributed by atoms with Gasteiger partial charge in [-0.05, 0) is 44.9 Å². The van der Waals surface area contributed by atoms with E-state index >= 15 is 0 Å². The third kappa shape index (κ3) is 2.64. The second-order valence-electron chi connectivity index (χ2n) is 7.44. The molecule has 142 valence electrons. The lowest BCUT2D eigenvalue weighted by molar-refractivity contribution is 0.207. The van der Waals surface area contributed by atoms with Gasteiger partial charge in [0, 0.05) is 40.3 Å². The average molecular weight is 374 g/mol. The SMILES string of the molecule is Cc1n[nH]c(C)c1C1CCCN1C(=O)Nc1ccc2c(c1)oc1ccccc12. The largest absolute Gasteiger partial charge is 0.456 e. The molecular formula is C22H22N4O2. The van der Waals surface area contributed by atoms with E-state index in [0.717, 1.165) is 64.0 Å². The number of anilines is 1. The number of likely N-dealkylation sites (tertiary alicyclic amines) is 1. The molecule has 6 heteroatoms. The van der Waals surface area contributed by atoms with Crippen molar-refractivity contribution in [3.05, 3.63) is 59.4 Å². The van der Waals surface area contributed by atoms with Crippen LogP contribution in [0, 0.1) is 13.8 Å². The molecule has 2 aromatic carbocycles. The number of carbonyl (C=O) groups is 1. The third-order valence-corrected chi connectivity index (χ3v) is 5.66. The predicted octanol–water partition coefficient (Wildman–Crippen LogP) is 5.29. The Morgan fingerprint density at radius 2 is 2.00 bits per heavy atom. The van der Waals surface area contributed by atoms with Crippen LogP contribution in [0.3, 0.4) is 0 Å². The van der Waals surface area contributed by atoms with E-state index in [9.17, 15) is 4.79 Å². The van der Waals surface area contributed by atoms with E-state index in [-0.39, 0.29) is 12.1 Å². The molecule has 6 nitrogen and oxygen atoms in total. The zero-order valence-electron chi connectivity index (χ0n) is 16.0. The van der Waals surface area contributed by atoms with E-state index < -0.39 is 0 Å². The first-order valence-electron chi connectivity index (χ1n) is 9.62. The fourth-order valence-electron chi connectivity index (χ4n) is 4.36. The summed E-state index contributed by atoms with van der Waals surface area (Å²) in [5, 5.41) is 12.5. The molecule has 0 bridgehead atoms. The van der Waals surface area contributed by atoms with Gasteiger partial charge in [-0.1, -0.05) is 18.2 Å². The van der Waals surface area contributed by atoms with Crippen LogP contribution >= 0.6 is 0 Å². The fraction of sp³-hybridized carbons (Fsp3) is 0.273. The molecular weight excluding hydrogens is 352 g/mol. The summed E-state index contributed by atoms with van der Waals surface area (Å²) >= 11 is 0. The molecule has 2 N–H and O–H groups in total. The fourth-order valence-corrected chi connectivity index (χ4v) is 4.36. The molecule has 5 rings (SSSR count). The van der Waals surface area contributed by atoms with Gasteiger partial charge < -0.3 is 14.6 Å². The number of nitrogens with one attached hydrogen (secondary N) is 2. The maximum atomic E-state index is 13.0. The molecule has 1 aliphatic rings. The van der Waals surface area contributed by atoms with Crippen molar-refractivity contribution in [1.29, 1.82) is 0 Å². The Morgan fingerprint density at radius 3 is 2.82 bits per heavy atom. The van der Waals surface area contributed by atoms with E-state index in [1.54, 1.807) is 0 Å². The first-order valence-corrected chi connectivity index (χ1v) is 9.62. The number of hydrogen-bond donors (Lipinski definition) is 2. The minimum atomic E-state index is -0.0852. The summed E-state index contributed by atoms with van der Waals surface area (Å²) in [6.45, 7) is 4.75. The number of rotatable bonds is 2. The first kappa shape index (κ1) is 16.9. The number of H-pyrrole nitrogens is 1. The summed E-state index contributed by atoms with van der Waals surface area (Å²) in [6.07, 6.45) is 1.95. The number of carbonyl (C=O) groups excluding carboxylic acids is 1. The van der Waals surface area contributed by atoms with Crippen LogP contribution in [0.4, 0.5) is 10.5 Å². The van der Waals surface area contributed by atoms with Gasteiger partial charge in [0.05, 0.1) is 11.7 Å². The number of benzene rings is 2. The molecule has 2 aromatic heterocycles. The summed E-state index contributed by atoms with van der Waals surface area (Å²) in [5.41, 5.74) is 5.50. The Morgan fingerprint density at radius 1 is 1.18 bits per heavy atom. The van der Waals surface area contributed by atoms with E-state index in [2.05, 4.69) is 15.5 Å². The third-order valence-electron chi connectivity index (χ3n) is 5.66. The van der Waals surface area contributed by atoms with Crippen LogP contribution < -0.4 is 5.32 Å². The number of aromatic amines is 1. The van der Waals surface area contributed by atoms with Gasteiger partial charge in [-0.2, -0.15) is 5.10 Å². The van der Waals surface area contributed by atoms with Crippen LogP contribution in [0.1, 0.15) is 35.8 Å². The number of furan rings is 1. The van der Waals surface area contributed by atoms with Gasteiger partial charge in [-0.25, -0.2) is 4.79 Å². The van der Waals surface area contributed by atoms with Crippen LogP contribution in [0.2, 0.25) is 0 Å². The molecule has 28 heavy (non-hydrogen) atoms. The highest BCUT2D eigenvalue weighted by atomic mass is 16.3. The quantitative estimate of drug-likeness (QED) is 0.500. The number of aryl methyl sites for hydroxylation is 2. The molecule has 0 radical (unpaired) electrons. The molecule has 1 aliphatic heterocycles. The van der Waals surface area contributed by atoms with E-state index in [1.165, 1.54) is 0 Å². The zero-order chi connectivity index (χ0) is 19.3. The molecule has 1 atom stereocenters. The summed E-state index contributed by atoms with van der Waals surface area (Å²) in [4.78, 5) is 14.9. The smallest absolute Gasteiger partial charge is 0.322 e. The summed E-state index contributed by atoms with van der Waals surface area (Å²) in [5.74, 6) is 0. The number of aromatic nitrogens is 2. The molecule has 1 fully saturated rings. The van der Waals surface area contributed by atoms with Gasteiger partial charge in [-0.3, -0.25) is 5.10 Å². The molecule has 0 saturated carbocycles. The topological polar surface area (TPSA) is 74.2 Å². The minimum absolute atomic E-state index is 0.0636. The van der Waals surface area contributed by atoms with Crippen LogP contribution in [0.15, 0.2) is 46.9 Å². The molecule has 1 unspecified atom stereocenters. The van der Waals surface area contributed by atoms with Crippen LogP contribution in [0.5, 0.6) is 0 Å². The standard InChI is InChI=1S/C22H22N4O2/c1-13-21(14(2)25-24-13)18-7-5-11-26(18)22(27)23-15-9-10-17-16-6-3-4-8-19(16)28-20(17)12-15/h3-4,6,8-10,12,18H,5,7,11H2,1-2H3,(H,23,27)(H,24,25). The van der Waals surface area contributed by atoms with Crippen molar-refractivity contribution in [1.82, 2.24) is 15.1 Å². The molecule has 4 aromatic rings. The van der Waals surface area contributed by atoms with Crippen molar-refractivity contribution >= 4 is 33.7 Å². The highest BCUT2D eigenvalue weighted by molar-refractivity contribution is 6.06. The number of fused-ring (bicyclic) bond motifs is 3. The highest BCUT2D eigenvalue weighted by Gasteiger charge is 2.33. The van der Waals surface area contributed by atoms with Gasteiger partial charge in [0.15, 0.2) is 0 Å². The average Bonchev–Trinajstić information content (AvgIpc) is 3.38. The van der Waals surface area contributed by atoms with E-state index in [0.29, 0.717) is 0 Å². The lowest BCUT2D eigenvalue weighted by atomic mass is 10.0. The van der Waals surface area contributed by atoms with Crippen molar-refractivity contribution in [2.24, 2.45) is 0 Å². The van der Waals surface area contributed by atoms with Crippen LogP contribution in [-0.2, 0) is 0 Å². The summed E-state index contributed by atoms with van der Waals surface area (Å²) in [7, 11) is 0. The number of para-hydroxylation sites is 1. The molecule has 0 aliphatic carbocycles. The summed E-state index contributed by atoms with van der Waals surface area (Å²) in [6, 6.07) is 13.8. The lowest BCUT2D eigenvalue weighted by Gasteiger charge is -2.25. The number of nitrogens with zero attached hydrogens (tertiary/aromatic N) is 2. The Balaban J connectivity index is 1.42. The van der Waals surface area contributed by atoms with E-state index in [4.69, 9.17) is 4.42 Å². The van der Waals surface area contributed by atoms with Gasteiger partial charge in [0.25, 0.3) is 0 Å². The van der Waals surface area contributed by atoms with Crippen molar-refractivity contribution in [3.8, 4) is 0 Å². The molecule has 3 heterocycles. The Labute approximate surface area is 162 Å². The number of amides is 2. The Kier molecular flexibility index (Phi) is 3.86. The van der Waals surface area contributed by atoms with Crippen molar-refractivity contribution in [3.63, 3.8) is 0 Å². The van der Waals surface area contributed by atoms with Gasteiger partial charge in [0.2, 0.25) is 0 Å². The maximum Gasteiger partial charge on any atom is 0.322 e. The zero-order valence-corrected chi connectivity index (χ0v) is 16.0. The predicted molar refractivity (Wildman–Crippen MR) is 109 cm³/mol. The van der Waals surface area contributed by atoms with Crippen molar-refractivity contribution in [2.45, 2.75) is 32.7 Å². The maximum absolute atomic E-state index is 13.0. The molecule has 1 saturated heterocycles. The van der Waals surface area contributed by atoms with Crippen LogP contribution in [-0.4, -0.2) is 27.7 Å². The van der Waals surface area contributed by atoms with Gasteiger partial charge in [0.1, 0.15) is 11.2 Å². The van der Waals surface area contributed by atoms with Gasteiger partial charge >= 0.3 is 6.03 Å². The summed E-state index contributed by atoms with van der Waals surface area (Å²) < 4.78 is 5.93.